The fourth-order valence-electron chi connectivity index (χ4n) is 3.05. The molecular formula is C17H19N3O3. The summed E-state index contributed by atoms with van der Waals surface area (Å²) in [6.07, 6.45) is 2.66. The second kappa shape index (κ2) is 6.24. The van der Waals surface area contributed by atoms with Crippen molar-refractivity contribution in [2.24, 2.45) is 7.05 Å². The summed E-state index contributed by atoms with van der Waals surface area (Å²) in [5.74, 6) is -1.56. The number of rotatable bonds is 4. The third-order valence-electron chi connectivity index (χ3n) is 4.36. The zero-order chi connectivity index (χ0) is 16.4. The number of hydrogen-bond acceptors (Lipinski definition) is 3. The molecule has 1 atom stereocenters. The van der Waals surface area contributed by atoms with Crippen LogP contribution in [0.5, 0.6) is 0 Å². The maximum Gasteiger partial charge on any atom is 0.312 e. The van der Waals surface area contributed by atoms with Gasteiger partial charge in [-0.15, -0.1) is 0 Å². The number of nitrogens with zero attached hydrogens (tertiary/aromatic N) is 3. The lowest BCUT2D eigenvalue weighted by Crippen LogP contribution is -2.40. The SMILES string of the molecule is Cn1nccc1CCC(=O)N1Cc2ccccc2C(C(=O)O)C1. The highest BCUT2D eigenvalue weighted by Gasteiger charge is 2.32. The van der Waals surface area contributed by atoms with Crippen molar-refractivity contribution >= 4 is 11.9 Å². The predicted molar refractivity (Wildman–Crippen MR) is 83.8 cm³/mol. The average Bonchev–Trinajstić information content (AvgIpc) is 2.96. The first-order valence-electron chi connectivity index (χ1n) is 7.61. The molecule has 1 N–H and O–H groups in total. The Morgan fingerprint density at radius 1 is 1.30 bits per heavy atom. The average molecular weight is 313 g/mol. The van der Waals surface area contributed by atoms with Crippen LogP contribution in [0.15, 0.2) is 36.5 Å². The fourth-order valence-corrected chi connectivity index (χ4v) is 3.05. The molecule has 6 heteroatoms. The van der Waals surface area contributed by atoms with Crippen molar-refractivity contribution in [2.45, 2.75) is 25.3 Å². The summed E-state index contributed by atoms with van der Waals surface area (Å²) in [6.45, 7) is 0.709. The first-order valence-corrected chi connectivity index (χ1v) is 7.61. The van der Waals surface area contributed by atoms with Gasteiger partial charge in [0.05, 0.1) is 5.92 Å². The Kier molecular flexibility index (Phi) is 4.14. The summed E-state index contributed by atoms with van der Waals surface area (Å²) in [7, 11) is 1.84. The molecule has 1 amide bonds. The number of benzene rings is 1. The van der Waals surface area contributed by atoms with Gasteiger partial charge in [0.1, 0.15) is 0 Å². The van der Waals surface area contributed by atoms with Crippen molar-refractivity contribution in [3.8, 4) is 0 Å². The van der Waals surface area contributed by atoms with Crippen molar-refractivity contribution < 1.29 is 14.7 Å². The minimum Gasteiger partial charge on any atom is -0.481 e. The van der Waals surface area contributed by atoms with Crippen LogP contribution in [0.1, 0.15) is 29.2 Å². The van der Waals surface area contributed by atoms with Crippen LogP contribution in [-0.4, -0.2) is 38.2 Å². The lowest BCUT2D eigenvalue weighted by molar-refractivity contribution is -0.141. The van der Waals surface area contributed by atoms with Gasteiger partial charge < -0.3 is 10.0 Å². The van der Waals surface area contributed by atoms with Gasteiger partial charge in [-0.2, -0.15) is 5.10 Å². The molecule has 1 aromatic carbocycles. The second-order valence-corrected chi connectivity index (χ2v) is 5.81. The van der Waals surface area contributed by atoms with Crippen LogP contribution < -0.4 is 0 Å². The number of hydrogen-bond donors (Lipinski definition) is 1. The molecule has 120 valence electrons. The zero-order valence-corrected chi connectivity index (χ0v) is 13.0. The first kappa shape index (κ1) is 15.3. The molecule has 0 radical (unpaired) electrons. The zero-order valence-electron chi connectivity index (χ0n) is 13.0. The molecule has 3 rings (SSSR count). The summed E-state index contributed by atoms with van der Waals surface area (Å²) < 4.78 is 1.75. The standard InChI is InChI=1S/C17H19N3O3/c1-19-13(8-9-18-19)6-7-16(21)20-10-12-4-2-3-5-14(12)15(11-20)17(22)23/h2-5,8-9,15H,6-7,10-11H2,1H3,(H,22,23). The van der Waals surface area contributed by atoms with Gasteiger partial charge in [0, 0.05) is 38.4 Å². The molecule has 2 heterocycles. The number of amides is 1. The van der Waals surface area contributed by atoms with Crippen molar-refractivity contribution in [3.05, 3.63) is 53.3 Å². The number of carboxylic acid groups (broad SMARTS) is 1. The van der Waals surface area contributed by atoms with Gasteiger partial charge >= 0.3 is 5.97 Å². The van der Waals surface area contributed by atoms with Crippen LogP contribution in [0.25, 0.3) is 0 Å². The summed E-state index contributed by atoms with van der Waals surface area (Å²) in [6, 6.07) is 9.34. The molecule has 23 heavy (non-hydrogen) atoms. The highest BCUT2D eigenvalue weighted by molar-refractivity contribution is 5.81. The molecule has 0 spiro atoms. The van der Waals surface area contributed by atoms with Gasteiger partial charge in [-0.25, -0.2) is 0 Å². The Labute approximate surface area is 134 Å². The van der Waals surface area contributed by atoms with Gasteiger partial charge in [-0.3, -0.25) is 14.3 Å². The van der Waals surface area contributed by atoms with Crippen molar-refractivity contribution in [3.63, 3.8) is 0 Å². The van der Waals surface area contributed by atoms with E-state index < -0.39 is 11.9 Å². The molecule has 1 unspecified atom stereocenters. The number of fused-ring (bicyclic) bond motifs is 1. The van der Waals surface area contributed by atoms with E-state index in [0.717, 1.165) is 16.8 Å². The highest BCUT2D eigenvalue weighted by atomic mass is 16.4. The van der Waals surface area contributed by atoms with E-state index in [1.54, 1.807) is 15.8 Å². The van der Waals surface area contributed by atoms with E-state index in [4.69, 9.17) is 0 Å². The van der Waals surface area contributed by atoms with Gasteiger partial charge in [-0.1, -0.05) is 24.3 Å². The molecule has 1 aromatic heterocycles. The summed E-state index contributed by atoms with van der Waals surface area (Å²) in [4.78, 5) is 25.7. The third-order valence-corrected chi connectivity index (χ3v) is 4.36. The molecule has 0 aliphatic carbocycles. The normalized spacial score (nSPS) is 16.9. The second-order valence-electron chi connectivity index (χ2n) is 5.81. The van der Waals surface area contributed by atoms with Crippen LogP contribution in [0.4, 0.5) is 0 Å². The van der Waals surface area contributed by atoms with E-state index in [2.05, 4.69) is 5.10 Å². The largest absolute Gasteiger partial charge is 0.481 e. The Bertz CT molecular complexity index is 738. The van der Waals surface area contributed by atoms with Gasteiger partial charge in [0.2, 0.25) is 5.91 Å². The number of aromatic nitrogens is 2. The number of carbonyl (C=O) groups is 2. The van der Waals surface area contributed by atoms with E-state index in [1.807, 2.05) is 37.4 Å². The molecule has 0 saturated heterocycles. The topological polar surface area (TPSA) is 75.4 Å². The van der Waals surface area contributed by atoms with Crippen LogP contribution >= 0.6 is 0 Å². The monoisotopic (exact) mass is 313 g/mol. The number of carboxylic acids is 1. The Morgan fingerprint density at radius 3 is 2.78 bits per heavy atom. The minimum atomic E-state index is -0.887. The van der Waals surface area contributed by atoms with Gasteiger partial charge in [-0.05, 0) is 23.6 Å². The lowest BCUT2D eigenvalue weighted by atomic mass is 9.89. The van der Waals surface area contributed by atoms with E-state index in [9.17, 15) is 14.7 Å². The van der Waals surface area contributed by atoms with Crippen molar-refractivity contribution in [1.82, 2.24) is 14.7 Å². The summed E-state index contributed by atoms with van der Waals surface area (Å²) >= 11 is 0. The van der Waals surface area contributed by atoms with E-state index in [1.165, 1.54) is 0 Å². The minimum absolute atomic E-state index is 0.0213. The highest BCUT2D eigenvalue weighted by Crippen LogP contribution is 2.28. The van der Waals surface area contributed by atoms with Crippen molar-refractivity contribution in [1.29, 1.82) is 0 Å². The molecule has 0 fully saturated rings. The van der Waals surface area contributed by atoms with Crippen LogP contribution in [0.3, 0.4) is 0 Å². The molecule has 1 aliphatic heterocycles. The molecule has 1 aliphatic rings. The maximum atomic E-state index is 12.5. The molecular weight excluding hydrogens is 294 g/mol. The smallest absolute Gasteiger partial charge is 0.312 e. The number of carbonyl (C=O) groups excluding carboxylic acids is 1. The summed E-state index contributed by atoms with van der Waals surface area (Å²) in [5, 5.41) is 13.5. The van der Waals surface area contributed by atoms with Crippen LogP contribution in [0.2, 0.25) is 0 Å². The van der Waals surface area contributed by atoms with Gasteiger partial charge in [0.15, 0.2) is 0 Å². The molecule has 0 saturated carbocycles. The quantitative estimate of drug-likeness (QED) is 0.929. The Hall–Kier alpha value is -2.63. The van der Waals surface area contributed by atoms with E-state index >= 15 is 0 Å². The van der Waals surface area contributed by atoms with Gasteiger partial charge in [0.25, 0.3) is 0 Å². The number of aryl methyl sites for hydroxylation is 2. The molecule has 0 bridgehead atoms. The fraction of sp³-hybridized carbons (Fsp3) is 0.353. The number of aliphatic carboxylic acids is 1. The third kappa shape index (κ3) is 3.11. The Balaban J connectivity index is 1.72. The van der Waals surface area contributed by atoms with E-state index in [-0.39, 0.29) is 12.5 Å². The first-order chi connectivity index (χ1) is 11.1. The lowest BCUT2D eigenvalue weighted by Gasteiger charge is -2.33. The van der Waals surface area contributed by atoms with Crippen LogP contribution in [0, 0.1) is 0 Å². The molecule has 6 nitrogen and oxygen atoms in total. The molecule has 2 aromatic rings. The van der Waals surface area contributed by atoms with E-state index in [0.29, 0.717) is 19.4 Å². The Morgan fingerprint density at radius 2 is 2.09 bits per heavy atom. The maximum absolute atomic E-state index is 12.5. The van der Waals surface area contributed by atoms with Crippen LogP contribution in [-0.2, 0) is 29.6 Å². The van der Waals surface area contributed by atoms with Crippen molar-refractivity contribution in [2.75, 3.05) is 6.54 Å². The summed E-state index contributed by atoms with van der Waals surface area (Å²) in [5.41, 5.74) is 2.72. The predicted octanol–water partition coefficient (Wildman–Crippen LogP) is 1.56.